The van der Waals surface area contributed by atoms with Crippen molar-refractivity contribution in [3.8, 4) is 0 Å². The Morgan fingerprint density at radius 2 is 2.00 bits per heavy atom. The van der Waals surface area contributed by atoms with Crippen LogP contribution in [-0.2, 0) is 18.2 Å². The third kappa shape index (κ3) is 3.86. The van der Waals surface area contributed by atoms with Crippen LogP contribution >= 0.6 is 0 Å². The summed E-state index contributed by atoms with van der Waals surface area (Å²) in [6.07, 6.45) is 8.34. The molecule has 1 aromatic rings. The fourth-order valence-electron chi connectivity index (χ4n) is 3.47. The summed E-state index contributed by atoms with van der Waals surface area (Å²) >= 11 is 0. The lowest BCUT2D eigenvalue weighted by atomic mass is 9.68. The van der Waals surface area contributed by atoms with E-state index in [-0.39, 0.29) is 11.6 Å². The molecule has 1 atom stereocenters. The van der Waals surface area contributed by atoms with Gasteiger partial charge in [0.1, 0.15) is 0 Å². The number of nitrogens with two attached hydrogens (primary N) is 1. The molecule has 1 aliphatic carbocycles. The maximum absolute atomic E-state index is 6.57. The third-order valence-corrected chi connectivity index (χ3v) is 5.19. The molecule has 1 heterocycles. The van der Waals surface area contributed by atoms with Crippen LogP contribution in [0.4, 0.5) is 0 Å². The van der Waals surface area contributed by atoms with E-state index in [2.05, 4.69) is 31.9 Å². The van der Waals surface area contributed by atoms with Gasteiger partial charge >= 0.3 is 0 Å². The fourth-order valence-corrected chi connectivity index (χ4v) is 3.47. The van der Waals surface area contributed by atoms with Gasteiger partial charge in [-0.3, -0.25) is 4.68 Å². The van der Waals surface area contributed by atoms with E-state index in [4.69, 9.17) is 10.5 Å². The van der Waals surface area contributed by atoms with Gasteiger partial charge in [0.25, 0.3) is 0 Å². The number of hydrogen-bond donors (Lipinski definition) is 1. The maximum atomic E-state index is 6.57. The monoisotopic (exact) mass is 293 g/mol. The van der Waals surface area contributed by atoms with Gasteiger partial charge in [-0.1, -0.05) is 13.8 Å². The van der Waals surface area contributed by atoms with Crippen molar-refractivity contribution in [1.29, 1.82) is 0 Å². The first-order valence-corrected chi connectivity index (χ1v) is 8.25. The summed E-state index contributed by atoms with van der Waals surface area (Å²) in [5.41, 5.74) is 8.12. The van der Waals surface area contributed by atoms with Crippen molar-refractivity contribution in [2.75, 3.05) is 6.61 Å². The molecular weight excluding hydrogens is 262 g/mol. The fraction of sp³-hybridized carbons (Fsp3) is 0.824. The van der Waals surface area contributed by atoms with Crippen molar-refractivity contribution in [2.24, 2.45) is 18.2 Å². The minimum Gasteiger partial charge on any atom is -0.374 e. The third-order valence-electron chi connectivity index (χ3n) is 5.19. The standard InChI is InChI=1S/C17H31N3O/c1-5-21-17(11-9-16(2,3)10-12-17)15(18)7-6-14-8-13-19-20(14)4/h8,13,15H,5-7,9-12,18H2,1-4H3. The SMILES string of the molecule is CCOC1(C(N)CCc2ccnn2C)CCC(C)(C)CC1. The second kappa shape index (κ2) is 6.49. The smallest absolute Gasteiger partial charge is 0.0833 e. The summed E-state index contributed by atoms with van der Waals surface area (Å²) in [6.45, 7) is 7.53. The molecule has 120 valence electrons. The van der Waals surface area contributed by atoms with E-state index < -0.39 is 0 Å². The first kappa shape index (κ1) is 16.5. The lowest BCUT2D eigenvalue weighted by Gasteiger charge is -2.46. The van der Waals surface area contributed by atoms with Crippen molar-refractivity contribution in [1.82, 2.24) is 9.78 Å². The molecule has 0 spiro atoms. The molecule has 0 aliphatic heterocycles. The molecule has 1 unspecified atom stereocenters. The number of hydrogen-bond acceptors (Lipinski definition) is 3. The quantitative estimate of drug-likeness (QED) is 0.877. The number of ether oxygens (including phenoxy) is 1. The van der Waals surface area contributed by atoms with E-state index in [1.54, 1.807) is 0 Å². The zero-order chi connectivity index (χ0) is 15.5. The summed E-state index contributed by atoms with van der Waals surface area (Å²) in [5, 5.41) is 4.22. The minimum atomic E-state index is -0.122. The Labute approximate surface area is 129 Å². The molecule has 4 heteroatoms. The van der Waals surface area contributed by atoms with Gasteiger partial charge in [0, 0.05) is 31.6 Å². The average molecular weight is 293 g/mol. The first-order valence-electron chi connectivity index (χ1n) is 8.25. The normalized spacial score (nSPS) is 22.1. The molecule has 1 saturated carbocycles. The van der Waals surface area contributed by atoms with Gasteiger partial charge < -0.3 is 10.5 Å². The van der Waals surface area contributed by atoms with Crippen LogP contribution in [0.5, 0.6) is 0 Å². The zero-order valence-electron chi connectivity index (χ0n) is 14.1. The van der Waals surface area contributed by atoms with Crippen LogP contribution in [0.1, 0.15) is 58.6 Å². The molecule has 0 aromatic carbocycles. The minimum absolute atomic E-state index is 0.100. The summed E-state index contributed by atoms with van der Waals surface area (Å²) < 4.78 is 8.11. The van der Waals surface area contributed by atoms with Gasteiger partial charge in [0.2, 0.25) is 0 Å². The highest BCUT2D eigenvalue weighted by Crippen LogP contribution is 2.43. The highest BCUT2D eigenvalue weighted by molar-refractivity contribution is 5.03. The predicted molar refractivity (Wildman–Crippen MR) is 86.1 cm³/mol. The Bertz CT molecular complexity index is 443. The van der Waals surface area contributed by atoms with Crippen LogP contribution in [0.3, 0.4) is 0 Å². The Morgan fingerprint density at radius 1 is 1.33 bits per heavy atom. The zero-order valence-corrected chi connectivity index (χ0v) is 14.1. The number of nitrogens with zero attached hydrogens (tertiary/aromatic N) is 2. The van der Waals surface area contributed by atoms with E-state index in [1.165, 1.54) is 18.5 Å². The van der Waals surface area contributed by atoms with Crippen molar-refractivity contribution < 1.29 is 4.74 Å². The largest absolute Gasteiger partial charge is 0.374 e. The number of aromatic nitrogens is 2. The van der Waals surface area contributed by atoms with Gasteiger partial charge in [0.15, 0.2) is 0 Å². The van der Waals surface area contributed by atoms with Gasteiger partial charge in [-0.2, -0.15) is 5.10 Å². The van der Waals surface area contributed by atoms with E-state index >= 15 is 0 Å². The molecule has 1 fully saturated rings. The molecular formula is C17H31N3O. The number of aryl methyl sites for hydroxylation is 2. The highest BCUT2D eigenvalue weighted by Gasteiger charge is 2.43. The molecule has 1 aromatic heterocycles. The molecule has 1 aliphatic rings. The first-order chi connectivity index (χ1) is 9.88. The molecule has 0 bridgehead atoms. The molecule has 0 radical (unpaired) electrons. The topological polar surface area (TPSA) is 53.1 Å². The van der Waals surface area contributed by atoms with E-state index in [9.17, 15) is 0 Å². The second-order valence-corrected chi connectivity index (χ2v) is 7.25. The Kier molecular flexibility index (Phi) is 5.10. The summed E-state index contributed by atoms with van der Waals surface area (Å²) in [6, 6.07) is 2.17. The van der Waals surface area contributed by atoms with Gasteiger partial charge in [0.05, 0.1) is 5.60 Å². The summed E-state index contributed by atoms with van der Waals surface area (Å²) in [4.78, 5) is 0. The van der Waals surface area contributed by atoms with Crippen molar-refractivity contribution >= 4 is 0 Å². The van der Waals surface area contributed by atoms with E-state index in [1.807, 2.05) is 17.9 Å². The predicted octanol–water partition coefficient (Wildman–Crippen LogP) is 3.06. The molecule has 4 nitrogen and oxygen atoms in total. The van der Waals surface area contributed by atoms with Crippen LogP contribution < -0.4 is 5.73 Å². The van der Waals surface area contributed by atoms with Gasteiger partial charge in [-0.25, -0.2) is 0 Å². The van der Waals surface area contributed by atoms with Gasteiger partial charge in [-0.15, -0.1) is 0 Å². The van der Waals surface area contributed by atoms with Crippen LogP contribution in [0.2, 0.25) is 0 Å². The van der Waals surface area contributed by atoms with Crippen molar-refractivity contribution in [2.45, 2.75) is 70.9 Å². The van der Waals surface area contributed by atoms with Gasteiger partial charge in [-0.05, 0) is 56.9 Å². The van der Waals surface area contributed by atoms with Crippen molar-refractivity contribution in [3.05, 3.63) is 18.0 Å². The number of rotatable bonds is 6. The maximum Gasteiger partial charge on any atom is 0.0833 e. The highest BCUT2D eigenvalue weighted by atomic mass is 16.5. The van der Waals surface area contributed by atoms with E-state index in [0.29, 0.717) is 5.41 Å². The van der Waals surface area contributed by atoms with Crippen LogP contribution in [0.15, 0.2) is 12.3 Å². The molecule has 2 N–H and O–H groups in total. The molecule has 21 heavy (non-hydrogen) atoms. The van der Waals surface area contributed by atoms with Crippen LogP contribution in [0, 0.1) is 5.41 Å². The molecule has 0 saturated heterocycles. The molecule has 2 rings (SSSR count). The second-order valence-electron chi connectivity index (χ2n) is 7.25. The lowest BCUT2D eigenvalue weighted by Crippen LogP contribution is -2.53. The average Bonchev–Trinajstić information content (AvgIpc) is 2.84. The van der Waals surface area contributed by atoms with E-state index in [0.717, 1.165) is 32.3 Å². The van der Waals surface area contributed by atoms with Crippen molar-refractivity contribution in [3.63, 3.8) is 0 Å². The molecule has 0 amide bonds. The summed E-state index contributed by atoms with van der Waals surface area (Å²) in [5.74, 6) is 0. The Hall–Kier alpha value is -0.870. The summed E-state index contributed by atoms with van der Waals surface area (Å²) in [7, 11) is 1.99. The lowest BCUT2D eigenvalue weighted by molar-refractivity contribution is -0.100. The van der Waals surface area contributed by atoms with Crippen LogP contribution in [0.25, 0.3) is 0 Å². The Morgan fingerprint density at radius 3 is 2.52 bits per heavy atom. The van der Waals surface area contributed by atoms with Crippen LogP contribution in [-0.4, -0.2) is 28.0 Å². The Balaban J connectivity index is 1.99.